The standard InChI is InChI=1S/C19H36N2O6/c1-4-6-8-9-10-12-14-17(18(22)23)16(13-11-7-5-2)15-19(3,20(24)25)21(26)27/h16-17H,4-15H2,1-3H3,(H,22,23). The van der Waals surface area contributed by atoms with Crippen LogP contribution in [0.3, 0.4) is 0 Å². The molecule has 0 aromatic heterocycles. The normalized spacial score (nSPS) is 13.9. The third-order valence-corrected chi connectivity index (χ3v) is 5.37. The second-order valence-corrected chi connectivity index (χ2v) is 7.69. The zero-order valence-corrected chi connectivity index (χ0v) is 17.0. The molecule has 0 amide bonds. The van der Waals surface area contributed by atoms with Gasteiger partial charge in [-0.3, -0.25) is 25.0 Å². The van der Waals surface area contributed by atoms with E-state index in [4.69, 9.17) is 0 Å². The highest BCUT2D eigenvalue weighted by atomic mass is 16.7. The van der Waals surface area contributed by atoms with Crippen LogP contribution in [-0.2, 0) is 4.79 Å². The minimum atomic E-state index is -2.34. The minimum absolute atomic E-state index is 0.344. The quantitative estimate of drug-likeness (QED) is 0.156. The number of hydrogen-bond donors (Lipinski definition) is 1. The molecule has 0 saturated carbocycles. The lowest BCUT2D eigenvalue weighted by Gasteiger charge is -2.26. The summed E-state index contributed by atoms with van der Waals surface area (Å²) in [6.45, 7) is 5.13. The first-order chi connectivity index (χ1) is 12.7. The van der Waals surface area contributed by atoms with Gasteiger partial charge in [0, 0.05) is 0 Å². The number of nitrogens with zero attached hydrogens (tertiary/aromatic N) is 2. The van der Waals surface area contributed by atoms with Crippen LogP contribution >= 0.6 is 0 Å². The van der Waals surface area contributed by atoms with E-state index in [9.17, 15) is 30.1 Å². The van der Waals surface area contributed by atoms with Crippen molar-refractivity contribution >= 4 is 5.97 Å². The summed E-state index contributed by atoms with van der Waals surface area (Å²) < 4.78 is 0. The van der Waals surface area contributed by atoms with Crippen LogP contribution in [0.5, 0.6) is 0 Å². The number of nitro groups is 2. The fraction of sp³-hybridized carbons (Fsp3) is 0.947. The Labute approximate surface area is 162 Å². The molecular weight excluding hydrogens is 352 g/mol. The molecule has 0 fully saturated rings. The zero-order valence-electron chi connectivity index (χ0n) is 17.0. The summed E-state index contributed by atoms with van der Waals surface area (Å²) in [5.41, 5.74) is -2.34. The molecule has 0 aromatic carbocycles. The summed E-state index contributed by atoms with van der Waals surface area (Å²) in [5, 5.41) is 32.3. The van der Waals surface area contributed by atoms with Gasteiger partial charge in [0.25, 0.3) is 0 Å². The number of carboxylic acids is 1. The molecule has 0 aliphatic heterocycles. The summed E-state index contributed by atoms with van der Waals surface area (Å²) in [7, 11) is 0. The maximum Gasteiger partial charge on any atom is 0.456 e. The van der Waals surface area contributed by atoms with E-state index in [0.717, 1.165) is 64.7 Å². The largest absolute Gasteiger partial charge is 0.481 e. The topological polar surface area (TPSA) is 124 Å². The van der Waals surface area contributed by atoms with Gasteiger partial charge in [-0.05, 0) is 18.8 Å². The lowest BCUT2D eigenvalue weighted by Crippen LogP contribution is -2.46. The molecule has 0 aliphatic carbocycles. The second-order valence-electron chi connectivity index (χ2n) is 7.69. The minimum Gasteiger partial charge on any atom is -0.481 e. The summed E-state index contributed by atoms with van der Waals surface area (Å²) in [4.78, 5) is 32.7. The Morgan fingerprint density at radius 3 is 1.81 bits per heavy atom. The highest BCUT2D eigenvalue weighted by Gasteiger charge is 2.53. The van der Waals surface area contributed by atoms with Crippen molar-refractivity contribution in [2.45, 2.75) is 103 Å². The predicted molar refractivity (Wildman–Crippen MR) is 104 cm³/mol. The van der Waals surface area contributed by atoms with E-state index in [2.05, 4.69) is 6.92 Å². The Morgan fingerprint density at radius 1 is 0.889 bits per heavy atom. The van der Waals surface area contributed by atoms with Crippen LogP contribution in [0.15, 0.2) is 0 Å². The van der Waals surface area contributed by atoms with Gasteiger partial charge >= 0.3 is 11.6 Å². The number of aliphatic carboxylic acids is 1. The Hall–Kier alpha value is -1.73. The number of hydrogen-bond acceptors (Lipinski definition) is 5. The Kier molecular flexibility index (Phi) is 12.6. The molecule has 0 radical (unpaired) electrons. The van der Waals surface area contributed by atoms with Crippen LogP contribution in [0.4, 0.5) is 0 Å². The smallest absolute Gasteiger partial charge is 0.456 e. The van der Waals surface area contributed by atoms with Gasteiger partial charge in [-0.2, -0.15) is 0 Å². The fourth-order valence-electron chi connectivity index (χ4n) is 3.52. The molecule has 8 nitrogen and oxygen atoms in total. The molecule has 0 heterocycles. The van der Waals surface area contributed by atoms with E-state index >= 15 is 0 Å². The molecule has 27 heavy (non-hydrogen) atoms. The van der Waals surface area contributed by atoms with Crippen molar-refractivity contribution < 1.29 is 19.7 Å². The molecule has 0 saturated heterocycles. The van der Waals surface area contributed by atoms with Crippen LogP contribution < -0.4 is 0 Å². The van der Waals surface area contributed by atoms with Gasteiger partial charge in [-0.1, -0.05) is 71.6 Å². The van der Waals surface area contributed by atoms with E-state index in [0.29, 0.717) is 12.8 Å². The van der Waals surface area contributed by atoms with Crippen molar-refractivity contribution in [2.24, 2.45) is 11.8 Å². The van der Waals surface area contributed by atoms with Gasteiger partial charge in [0.15, 0.2) is 0 Å². The Morgan fingerprint density at radius 2 is 1.33 bits per heavy atom. The molecular formula is C19H36N2O6. The highest BCUT2D eigenvalue weighted by Crippen LogP contribution is 2.33. The first-order valence-corrected chi connectivity index (χ1v) is 10.2. The fourth-order valence-corrected chi connectivity index (χ4v) is 3.52. The number of unbranched alkanes of at least 4 members (excludes halogenated alkanes) is 7. The molecule has 8 heteroatoms. The summed E-state index contributed by atoms with van der Waals surface area (Å²) in [5.74, 6) is -2.34. The van der Waals surface area contributed by atoms with Gasteiger partial charge in [0.2, 0.25) is 0 Å². The maximum absolute atomic E-state index is 11.8. The first-order valence-electron chi connectivity index (χ1n) is 10.2. The van der Waals surface area contributed by atoms with E-state index in [1.165, 1.54) is 0 Å². The molecule has 158 valence electrons. The van der Waals surface area contributed by atoms with Gasteiger partial charge < -0.3 is 5.11 Å². The van der Waals surface area contributed by atoms with Crippen LogP contribution in [0.1, 0.15) is 97.8 Å². The molecule has 0 spiro atoms. The molecule has 0 aromatic rings. The first kappa shape index (κ1) is 25.3. The monoisotopic (exact) mass is 388 g/mol. The Balaban J connectivity index is 5.12. The lowest BCUT2D eigenvalue weighted by atomic mass is 9.79. The van der Waals surface area contributed by atoms with Crippen molar-refractivity contribution in [3.63, 3.8) is 0 Å². The summed E-state index contributed by atoms with van der Waals surface area (Å²) >= 11 is 0. The third-order valence-electron chi connectivity index (χ3n) is 5.37. The molecule has 0 aliphatic rings. The molecule has 2 unspecified atom stereocenters. The van der Waals surface area contributed by atoms with E-state index < -0.39 is 33.3 Å². The average Bonchev–Trinajstić information content (AvgIpc) is 2.59. The summed E-state index contributed by atoms with van der Waals surface area (Å²) in [6, 6.07) is 0. The third kappa shape index (κ3) is 9.15. The molecule has 0 rings (SSSR count). The zero-order chi connectivity index (χ0) is 20.9. The average molecular weight is 389 g/mol. The number of carbonyl (C=O) groups is 1. The van der Waals surface area contributed by atoms with Crippen molar-refractivity contribution in [1.29, 1.82) is 0 Å². The van der Waals surface area contributed by atoms with Crippen LogP contribution in [0.25, 0.3) is 0 Å². The summed E-state index contributed by atoms with van der Waals surface area (Å²) in [6.07, 6.45) is 9.21. The predicted octanol–water partition coefficient (Wildman–Crippen LogP) is 5.29. The molecule has 0 bridgehead atoms. The highest BCUT2D eigenvalue weighted by molar-refractivity contribution is 5.70. The SMILES string of the molecule is CCCCCCCCC(C(=O)O)C(CCCCC)CC(C)([N+](=O)[O-])[N+](=O)[O-]. The number of rotatable bonds is 17. The van der Waals surface area contributed by atoms with Crippen LogP contribution in [0.2, 0.25) is 0 Å². The van der Waals surface area contributed by atoms with Crippen molar-refractivity contribution in [2.75, 3.05) is 0 Å². The van der Waals surface area contributed by atoms with E-state index in [-0.39, 0.29) is 6.42 Å². The lowest BCUT2D eigenvalue weighted by molar-refractivity contribution is -0.794. The second kappa shape index (κ2) is 13.4. The van der Waals surface area contributed by atoms with Crippen LogP contribution in [-0.4, -0.2) is 26.6 Å². The maximum atomic E-state index is 11.8. The van der Waals surface area contributed by atoms with Gasteiger partial charge in [0.1, 0.15) is 0 Å². The molecule has 2 atom stereocenters. The van der Waals surface area contributed by atoms with Crippen molar-refractivity contribution in [3.05, 3.63) is 20.2 Å². The van der Waals surface area contributed by atoms with Gasteiger partial charge in [-0.25, -0.2) is 0 Å². The van der Waals surface area contributed by atoms with Crippen LogP contribution in [0, 0.1) is 32.1 Å². The van der Waals surface area contributed by atoms with Crippen molar-refractivity contribution in [1.82, 2.24) is 0 Å². The van der Waals surface area contributed by atoms with Crippen molar-refractivity contribution in [3.8, 4) is 0 Å². The van der Waals surface area contributed by atoms with E-state index in [1.807, 2.05) is 6.92 Å². The Bertz CT molecular complexity index is 455. The molecule has 1 N–H and O–H groups in total. The number of carboxylic acid groups (broad SMARTS) is 1. The van der Waals surface area contributed by atoms with Gasteiger partial charge in [-0.15, -0.1) is 0 Å². The van der Waals surface area contributed by atoms with Gasteiger partial charge in [0.05, 0.1) is 29.1 Å². The van der Waals surface area contributed by atoms with E-state index in [1.54, 1.807) is 0 Å².